The number of sulfonamides is 1. The van der Waals surface area contributed by atoms with Crippen LogP contribution < -0.4 is 0 Å². The highest BCUT2D eigenvalue weighted by molar-refractivity contribution is 7.89. The summed E-state index contributed by atoms with van der Waals surface area (Å²) < 4.78 is 37.9. The molecule has 1 aromatic carbocycles. The van der Waals surface area contributed by atoms with Crippen LogP contribution in [-0.2, 0) is 21.4 Å². The van der Waals surface area contributed by atoms with E-state index >= 15 is 0 Å². The van der Waals surface area contributed by atoms with E-state index in [-0.39, 0.29) is 22.9 Å². The minimum absolute atomic E-state index is 0.0000450. The van der Waals surface area contributed by atoms with Crippen LogP contribution in [0.25, 0.3) is 10.8 Å². The van der Waals surface area contributed by atoms with Crippen LogP contribution in [-0.4, -0.2) is 41.9 Å². The minimum atomic E-state index is -3.76. The Balaban J connectivity index is 1.49. The van der Waals surface area contributed by atoms with Crippen molar-refractivity contribution in [3.8, 4) is 10.8 Å². The van der Waals surface area contributed by atoms with Crippen molar-refractivity contribution in [3.63, 3.8) is 0 Å². The molecule has 0 aliphatic carbocycles. The molecule has 3 heterocycles. The van der Waals surface area contributed by atoms with Gasteiger partial charge in [0.15, 0.2) is 6.61 Å². The van der Waals surface area contributed by atoms with Crippen LogP contribution in [0.1, 0.15) is 35.4 Å². The van der Waals surface area contributed by atoms with Gasteiger partial charge in [0.25, 0.3) is 5.89 Å². The van der Waals surface area contributed by atoms with E-state index in [2.05, 4.69) is 10.1 Å². The zero-order valence-corrected chi connectivity index (χ0v) is 17.1. The first-order chi connectivity index (χ1) is 14.1. The summed E-state index contributed by atoms with van der Waals surface area (Å²) in [5.41, 5.74) is 0.0000450. The molecule has 0 radical (unpaired) electrons. The topological polar surface area (TPSA) is 103 Å². The second kappa shape index (κ2) is 8.44. The molecule has 1 aliphatic heterocycles. The SMILES string of the molecule is O=C(OCc1noc(-c2cccs2)n1)c1ccccc1S(=O)(=O)N1CCCCC1. The molecule has 1 saturated heterocycles. The molecule has 0 amide bonds. The van der Waals surface area contributed by atoms with Crippen LogP contribution in [0.15, 0.2) is 51.2 Å². The number of carbonyl (C=O) groups is 1. The number of rotatable bonds is 6. The Kier molecular flexibility index (Phi) is 5.74. The Hall–Kier alpha value is -2.56. The molecular formula is C19H19N3O5S2. The maximum atomic E-state index is 13.0. The maximum Gasteiger partial charge on any atom is 0.339 e. The summed E-state index contributed by atoms with van der Waals surface area (Å²) in [5.74, 6) is -0.194. The quantitative estimate of drug-likeness (QED) is 0.549. The molecule has 0 spiro atoms. The number of aromatic nitrogens is 2. The number of hydrogen-bond acceptors (Lipinski definition) is 8. The predicted molar refractivity (Wildman–Crippen MR) is 106 cm³/mol. The standard InChI is InChI=1S/C19H19N3O5S2/c23-19(26-13-17-20-18(27-21-17)15-8-6-12-28-15)14-7-2-3-9-16(14)29(24,25)22-10-4-1-5-11-22/h2-3,6-9,12H,1,4-5,10-11,13H2. The van der Waals surface area contributed by atoms with Gasteiger partial charge < -0.3 is 9.26 Å². The largest absolute Gasteiger partial charge is 0.454 e. The summed E-state index contributed by atoms with van der Waals surface area (Å²) in [6.45, 7) is 0.700. The molecule has 1 aliphatic rings. The zero-order chi connectivity index (χ0) is 20.3. The third-order valence-corrected chi connectivity index (χ3v) is 7.39. The van der Waals surface area contributed by atoms with Crippen molar-refractivity contribution in [2.75, 3.05) is 13.1 Å². The summed E-state index contributed by atoms with van der Waals surface area (Å²) in [4.78, 5) is 17.6. The van der Waals surface area contributed by atoms with Gasteiger partial charge in [0.05, 0.1) is 15.3 Å². The van der Waals surface area contributed by atoms with Gasteiger partial charge in [-0.05, 0) is 36.4 Å². The number of esters is 1. The van der Waals surface area contributed by atoms with E-state index < -0.39 is 16.0 Å². The molecule has 1 fully saturated rings. The van der Waals surface area contributed by atoms with Crippen molar-refractivity contribution >= 4 is 27.3 Å². The van der Waals surface area contributed by atoms with Gasteiger partial charge in [-0.1, -0.05) is 29.8 Å². The number of benzene rings is 1. The molecule has 29 heavy (non-hydrogen) atoms. The normalized spacial score (nSPS) is 15.3. The van der Waals surface area contributed by atoms with E-state index in [0.29, 0.717) is 19.0 Å². The van der Waals surface area contributed by atoms with Gasteiger partial charge in [0.1, 0.15) is 0 Å². The Morgan fingerprint density at radius 1 is 1.14 bits per heavy atom. The lowest BCUT2D eigenvalue weighted by atomic mass is 10.2. The molecule has 0 unspecified atom stereocenters. The fourth-order valence-electron chi connectivity index (χ4n) is 3.13. The molecule has 3 aromatic rings. The summed E-state index contributed by atoms with van der Waals surface area (Å²) >= 11 is 1.45. The molecule has 10 heteroatoms. The minimum Gasteiger partial charge on any atom is -0.454 e. The molecule has 8 nitrogen and oxygen atoms in total. The monoisotopic (exact) mass is 433 g/mol. The van der Waals surface area contributed by atoms with E-state index in [9.17, 15) is 13.2 Å². The highest BCUT2D eigenvalue weighted by Gasteiger charge is 2.30. The molecule has 152 valence electrons. The van der Waals surface area contributed by atoms with Crippen molar-refractivity contribution in [1.82, 2.24) is 14.4 Å². The van der Waals surface area contributed by atoms with Gasteiger partial charge in [0, 0.05) is 13.1 Å². The van der Waals surface area contributed by atoms with Crippen molar-refractivity contribution in [1.29, 1.82) is 0 Å². The lowest BCUT2D eigenvalue weighted by molar-refractivity contribution is 0.0455. The number of thiophene rings is 1. The van der Waals surface area contributed by atoms with E-state index in [1.807, 2.05) is 17.5 Å². The molecule has 0 bridgehead atoms. The van der Waals surface area contributed by atoms with Gasteiger partial charge in [-0.2, -0.15) is 9.29 Å². The number of ether oxygens (including phenoxy) is 1. The van der Waals surface area contributed by atoms with Crippen LogP contribution in [0.3, 0.4) is 0 Å². The first-order valence-electron chi connectivity index (χ1n) is 9.18. The van der Waals surface area contributed by atoms with Gasteiger partial charge in [0.2, 0.25) is 15.8 Å². The molecule has 0 saturated carbocycles. The highest BCUT2D eigenvalue weighted by atomic mass is 32.2. The summed E-state index contributed by atoms with van der Waals surface area (Å²) in [5, 5.41) is 5.69. The number of piperidine rings is 1. The number of nitrogens with zero attached hydrogens (tertiary/aromatic N) is 3. The van der Waals surface area contributed by atoms with Crippen LogP contribution in [0.4, 0.5) is 0 Å². The fraction of sp³-hybridized carbons (Fsp3) is 0.316. The Morgan fingerprint density at radius 2 is 1.93 bits per heavy atom. The maximum absolute atomic E-state index is 13.0. The lowest BCUT2D eigenvalue weighted by Crippen LogP contribution is -2.36. The second-order valence-electron chi connectivity index (χ2n) is 6.53. The van der Waals surface area contributed by atoms with E-state index in [1.54, 1.807) is 12.1 Å². The average Bonchev–Trinajstić information content (AvgIpc) is 3.44. The Morgan fingerprint density at radius 3 is 2.69 bits per heavy atom. The summed E-state index contributed by atoms with van der Waals surface area (Å²) in [7, 11) is -3.76. The van der Waals surface area contributed by atoms with Gasteiger partial charge in [-0.15, -0.1) is 11.3 Å². The smallest absolute Gasteiger partial charge is 0.339 e. The van der Waals surface area contributed by atoms with Crippen molar-refractivity contribution in [2.45, 2.75) is 30.8 Å². The van der Waals surface area contributed by atoms with E-state index in [1.165, 1.54) is 27.8 Å². The number of carbonyl (C=O) groups excluding carboxylic acids is 1. The molecule has 4 rings (SSSR count). The van der Waals surface area contributed by atoms with Crippen molar-refractivity contribution in [3.05, 3.63) is 53.2 Å². The number of hydrogen-bond donors (Lipinski definition) is 0. The fourth-order valence-corrected chi connectivity index (χ4v) is 5.47. The van der Waals surface area contributed by atoms with E-state index in [0.717, 1.165) is 24.1 Å². The molecule has 0 atom stereocenters. The van der Waals surface area contributed by atoms with Crippen LogP contribution in [0.2, 0.25) is 0 Å². The van der Waals surface area contributed by atoms with Gasteiger partial charge in [-0.25, -0.2) is 13.2 Å². The third-order valence-electron chi connectivity index (χ3n) is 4.57. The third kappa shape index (κ3) is 4.24. The van der Waals surface area contributed by atoms with Crippen molar-refractivity contribution < 1.29 is 22.5 Å². The molecule has 2 aromatic heterocycles. The highest BCUT2D eigenvalue weighted by Crippen LogP contribution is 2.25. The van der Waals surface area contributed by atoms with Crippen molar-refractivity contribution in [2.24, 2.45) is 0 Å². The zero-order valence-electron chi connectivity index (χ0n) is 15.5. The van der Waals surface area contributed by atoms with Crippen LogP contribution in [0, 0.1) is 0 Å². The lowest BCUT2D eigenvalue weighted by Gasteiger charge is -2.26. The summed E-state index contributed by atoms with van der Waals surface area (Å²) in [6, 6.07) is 9.80. The Bertz CT molecular complexity index is 1090. The van der Waals surface area contributed by atoms with Gasteiger partial charge in [-0.3, -0.25) is 0 Å². The first kappa shape index (κ1) is 19.7. The van der Waals surface area contributed by atoms with Crippen LogP contribution >= 0.6 is 11.3 Å². The van der Waals surface area contributed by atoms with Crippen LogP contribution in [0.5, 0.6) is 0 Å². The predicted octanol–water partition coefficient (Wildman–Crippen LogP) is 3.33. The molecular weight excluding hydrogens is 414 g/mol. The van der Waals surface area contributed by atoms with E-state index in [4.69, 9.17) is 9.26 Å². The average molecular weight is 434 g/mol. The van der Waals surface area contributed by atoms with Gasteiger partial charge >= 0.3 is 5.97 Å². The first-order valence-corrected chi connectivity index (χ1v) is 11.5. The Labute approximate surface area is 172 Å². The second-order valence-corrected chi connectivity index (χ2v) is 9.38. The molecule has 0 N–H and O–H groups in total. The summed E-state index contributed by atoms with van der Waals surface area (Å²) in [6.07, 6.45) is 2.64.